The van der Waals surface area contributed by atoms with E-state index in [2.05, 4.69) is 11.8 Å². The number of carboxylic acids is 1. The lowest BCUT2D eigenvalue weighted by atomic mass is 10.1. The molecule has 1 aromatic carbocycles. The quantitative estimate of drug-likeness (QED) is 0.818. The first-order valence-corrected chi connectivity index (χ1v) is 7.29. The summed E-state index contributed by atoms with van der Waals surface area (Å²) in [6.45, 7) is -0.677. The topological polar surface area (TPSA) is 46.5 Å². The first-order chi connectivity index (χ1) is 11.3. The van der Waals surface area contributed by atoms with Gasteiger partial charge < -0.3 is 9.84 Å². The summed E-state index contributed by atoms with van der Waals surface area (Å²) in [5, 5.41) is 9.08. The molecular weight excluding hydrogens is 345 g/mol. The first-order valence-electron chi connectivity index (χ1n) is 6.91. The average molecular weight is 357 g/mol. The molecule has 24 heavy (non-hydrogen) atoms. The third-order valence-electron chi connectivity index (χ3n) is 3.09. The highest BCUT2D eigenvalue weighted by Gasteiger charge is 2.31. The molecule has 0 heterocycles. The van der Waals surface area contributed by atoms with Crippen molar-refractivity contribution in [1.82, 2.24) is 0 Å². The van der Waals surface area contributed by atoms with E-state index < -0.39 is 24.3 Å². The van der Waals surface area contributed by atoms with Crippen LogP contribution in [0.15, 0.2) is 41.0 Å². The van der Waals surface area contributed by atoms with Crippen LogP contribution in [0.4, 0.5) is 13.2 Å². The van der Waals surface area contributed by atoms with Crippen LogP contribution in [0.5, 0.6) is 5.75 Å². The first kappa shape index (κ1) is 18.0. The van der Waals surface area contributed by atoms with E-state index in [0.29, 0.717) is 10.6 Å². The second-order valence-corrected chi connectivity index (χ2v) is 5.30. The van der Waals surface area contributed by atoms with E-state index in [9.17, 15) is 18.0 Å². The lowest BCUT2D eigenvalue weighted by molar-refractivity contribution is -0.140. The third-order valence-corrected chi connectivity index (χ3v) is 3.44. The van der Waals surface area contributed by atoms with Crippen LogP contribution in [0.1, 0.15) is 24.0 Å². The molecule has 0 spiro atoms. The molecule has 7 heteroatoms. The maximum atomic E-state index is 12.8. The van der Waals surface area contributed by atoms with Crippen molar-refractivity contribution < 1.29 is 27.8 Å². The number of carbonyl (C=O) groups is 1. The standard InChI is InChI=1S/C17H12ClF3O3/c18-14-4-2-1-3-11(14)5-6-12-9-13(17(19,20)21)7-8-15(12)24-10-16(22)23/h3-4,7-9H,1-2,10H2,(H,22,23). The molecule has 2 rings (SSSR count). The Balaban J connectivity index is 2.39. The van der Waals surface area contributed by atoms with Gasteiger partial charge in [-0.3, -0.25) is 0 Å². The van der Waals surface area contributed by atoms with Crippen LogP contribution in [0, 0.1) is 11.8 Å². The van der Waals surface area contributed by atoms with Gasteiger partial charge in [-0.15, -0.1) is 0 Å². The summed E-state index contributed by atoms with van der Waals surface area (Å²) in [6, 6.07) is 2.70. The summed E-state index contributed by atoms with van der Waals surface area (Å²) in [4.78, 5) is 10.6. The third kappa shape index (κ3) is 4.80. The number of hydrogen-bond donors (Lipinski definition) is 1. The van der Waals surface area contributed by atoms with Gasteiger partial charge in [0.25, 0.3) is 0 Å². The second-order valence-electron chi connectivity index (χ2n) is 4.89. The predicted octanol–water partition coefficient (Wildman–Crippen LogP) is 4.36. The van der Waals surface area contributed by atoms with Gasteiger partial charge in [-0.25, -0.2) is 4.79 Å². The summed E-state index contributed by atoms with van der Waals surface area (Å²) < 4.78 is 43.5. The van der Waals surface area contributed by atoms with Gasteiger partial charge in [0, 0.05) is 5.57 Å². The minimum atomic E-state index is -4.54. The van der Waals surface area contributed by atoms with Crippen LogP contribution in [0.3, 0.4) is 0 Å². The summed E-state index contributed by atoms with van der Waals surface area (Å²) in [5.74, 6) is 4.02. The van der Waals surface area contributed by atoms with E-state index in [1.807, 2.05) is 0 Å². The van der Waals surface area contributed by atoms with E-state index >= 15 is 0 Å². The number of benzene rings is 1. The fraction of sp³-hybridized carbons (Fsp3) is 0.235. The van der Waals surface area contributed by atoms with Crippen LogP contribution in [-0.4, -0.2) is 17.7 Å². The lowest BCUT2D eigenvalue weighted by Gasteiger charge is -2.11. The molecule has 1 aliphatic rings. The van der Waals surface area contributed by atoms with Crippen molar-refractivity contribution in [2.45, 2.75) is 19.0 Å². The molecule has 0 saturated heterocycles. The molecule has 0 aliphatic heterocycles. The molecule has 0 aromatic heterocycles. The molecule has 3 nitrogen and oxygen atoms in total. The van der Waals surface area contributed by atoms with Crippen molar-refractivity contribution in [3.8, 4) is 17.6 Å². The fourth-order valence-corrected chi connectivity index (χ4v) is 2.19. The van der Waals surface area contributed by atoms with Crippen molar-refractivity contribution in [2.75, 3.05) is 6.61 Å². The number of alkyl halides is 3. The van der Waals surface area contributed by atoms with Gasteiger partial charge in [-0.05, 0) is 31.0 Å². The van der Waals surface area contributed by atoms with E-state index in [1.54, 1.807) is 12.2 Å². The van der Waals surface area contributed by atoms with Crippen molar-refractivity contribution in [2.24, 2.45) is 0 Å². The molecule has 0 fully saturated rings. The molecule has 0 saturated carbocycles. The lowest BCUT2D eigenvalue weighted by Crippen LogP contribution is -2.11. The van der Waals surface area contributed by atoms with Gasteiger partial charge in [0.1, 0.15) is 5.75 Å². The number of ether oxygens (including phenoxy) is 1. The monoisotopic (exact) mass is 356 g/mol. The molecule has 0 atom stereocenters. The summed E-state index contributed by atoms with van der Waals surface area (Å²) in [5.41, 5.74) is -0.430. The zero-order valence-corrected chi connectivity index (χ0v) is 13.0. The minimum Gasteiger partial charge on any atom is -0.481 e. The van der Waals surface area contributed by atoms with E-state index in [-0.39, 0.29) is 11.3 Å². The van der Waals surface area contributed by atoms with Gasteiger partial charge in [0.15, 0.2) is 6.61 Å². The van der Waals surface area contributed by atoms with Gasteiger partial charge in [-0.1, -0.05) is 35.6 Å². The Bertz CT molecular complexity index is 768. The largest absolute Gasteiger partial charge is 0.481 e. The average Bonchev–Trinajstić information content (AvgIpc) is 2.51. The van der Waals surface area contributed by atoms with Crippen LogP contribution in [0.2, 0.25) is 0 Å². The number of hydrogen-bond acceptors (Lipinski definition) is 2. The molecule has 0 unspecified atom stereocenters. The Morgan fingerprint density at radius 3 is 2.58 bits per heavy atom. The number of carboxylic acid groups (broad SMARTS) is 1. The smallest absolute Gasteiger partial charge is 0.416 e. The SMILES string of the molecule is O=C(O)COc1ccc(C(F)(F)F)cc1C#CC1=CCCC=C1Cl. The zero-order valence-electron chi connectivity index (χ0n) is 12.3. The van der Waals surface area contributed by atoms with Gasteiger partial charge in [-0.2, -0.15) is 13.2 Å². The Labute approximate surface area is 141 Å². The molecular formula is C17H12ClF3O3. The maximum Gasteiger partial charge on any atom is 0.416 e. The number of allylic oxidation sites excluding steroid dienone is 4. The van der Waals surface area contributed by atoms with E-state index in [1.165, 1.54) is 0 Å². The van der Waals surface area contributed by atoms with Crippen LogP contribution in [0.25, 0.3) is 0 Å². The Hall–Kier alpha value is -2.39. The predicted molar refractivity (Wildman–Crippen MR) is 82.7 cm³/mol. The highest BCUT2D eigenvalue weighted by molar-refractivity contribution is 6.32. The highest BCUT2D eigenvalue weighted by Crippen LogP contribution is 2.32. The van der Waals surface area contributed by atoms with Crippen LogP contribution < -0.4 is 4.74 Å². The van der Waals surface area contributed by atoms with E-state index in [4.69, 9.17) is 21.4 Å². The summed E-state index contributed by atoms with van der Waals surface area (Å²) >= 11 is 6.00. The van der Waals surface area contributed by atoms with Crippen LogP contribution in [-0.2, 0) is 11.0 Å². The van der Waals surface area contributed by atoms with Crippen molar-refractivity contribution >= 4 is 17.6 Å². The Morgan fingerprint density at radius 1 is 1.25 bits per heavy atom. The Kier molecular flexibility index (Phi) is 5.58. The summed E-state index contributed by atoms with van der Waals surface area (Å²) in [7, 11) is 0. The van der Waals surface area contributed by atoms with Crippen molar-refractivity contribution in [3.05, 3.63) is 52.1 Å². The molecule has 126 valence electrons. The molecule has 1 N–H and O–H groups in total. The Morgan fingerprint density at radius 2 is 1.96 bits per heavy atom. The second kappa shape index (κ2) is 7.45. The molecule has 0 radical (unpaired) electrons. The number of halogens is 4. The van der Waals surface area contributed by atoms with Gasteiger partial charge in [0.05, 0.1) is 16.2 Å². The number of aliphatic carboxylic acids is 1. The van der Waals surface area contributed by atoms with Gasteiger partial charge >= 0.3 is 12.1 Å². The maximum absolute atomic E-state index is 12.8. The molecule has 0 bridgehead atoms. The van der Waals surface area contributed by atoms with E-state index in [0.717, 1.165) is 31.0 Å². The fourth-order valence-electron chi connectivity index (χ4n) is 1.96. The number of rotatable bonds is 3. The molecule has 0 amide bonds. The van der Waals surface area contributed by atoms with Gasteiger partial charge in [0.2, 0.25) is 0 Å². The van der Waals surface area contributed by atoms with Crippen molar-refractivity contribution in [1.29, 1.82) is 0 Å². The molecule has 1 aromatic rings. The summed E-state index contributed by atoms with van der Waals surface area (Å²) in [6.07, 6.45) is 0.551. The highest BCUT2D eigenvalue weighted by atomic mass is 35.5. The minimum absolute atomic E-state index is 0.0330. The van der Waals surface area contributed by atoms with Crippen molar-refractivity contribution in [3.63, 3.8) is 0 Å². The normalized spacial score (nSPS) is 14.2. The zero-order chi connectivity index (χ0) is 17.7. The van der Waals surface area contributed by atoms with Crippen LogP contribution >= 0.6 is 11.6 Å². The molecule has 1 aliphatic carbocycles.